The fourth-order valence-corrected chi connectivity index (χ4v) is 3.74. The molecule has 0 heterocycles. The van der Waals surface area contributed by atoms with Gasteiger partial charge in [0.25, 0.3) is 0 Å². The van der Waals surface area contributed by atoms with Gasteiger partial charge in [-0.05, 0) is 63.3 Å². The highest BCUT2D eigenvalue weighted by molar-refractivity contribution is 4.91. The Labute approximate surface area is 107 Å². The summed E-state index contributed by atoms with van der Waals surface area (Å²) in [5, 5.41) is 3.73. The summed E-state index contributed by atoms with van der Waals surface area (Å²) in [6, 6.07) is 0.809. The molecular weight excluding hydrogens is 210 g/mol. The van der Waals surface area contributed by atoms with Gasteiger partial charge in [0, 0.05) is 19.8 Å². The summed E-state index contributed by atoms with van der Waals surface area (Å²) in [6.07, 6.45) is 14.3. The van der Waals surface area contributed by atoms with Crippen LogP contribution in [-0.2, 0) is 4.74 Å². The lowest BCUT2D eigenvalue weighted by Crippen LogP contribution is -2.37. The molecule has 1 N–H and O–H groups in total. The number of unbranched alkanes of at least 4 members (excludes halogenated alkanes) is 1. The van der Waals surface area contributed by atoms with Gasteiger partial charge in [-0.25, -0.2) is 0 Å². The summed E-state index contributed by atoms with van der Waals surface area (Å²) in [7, 11) is 1.79. The zero-order valence-electron chi connectivity index (χ0n) is 11.5. The Morgan fingerprint density at radius 1 is 1.06 bits per heavy atom. The van der Waals surface area contributed by atoms with Gasteiger partial charge in [-0.15, -0.1) is 0 Å². The average Bonchev–Trinajstić information content (AvgIpc) is 2.80. The van der Waals surface area contributed by atoms with Gasteiger partial charge in [0.05, 0.1) is 0 Å². The maximum atomic E-state index is 5.07. The molecule has 0 aromatic heterocycles. The predicted molar refractivity (Wildman–Crippen MR) is 72.3 cm³/mol. The number of methoxy groups -OCH3 is 1. The van der Waals surface area contributed by atoms with Gasteiger partial charge in [0.2, 0.25) is 0 Å². The number of hydrogen-bond donors (Lipinski definition) is 1. The third-order valence-corrected chi connectivity index (χ3v) is 4.92. The Kier molecular flexibility index (Phi) is 5.30. The van der Waals surface area contributed by atoms with E-state index in [1.54, 1.807) is 7.11 Å². The van der Waals surface area contributed by atoms with E-state index in [1.807, 2.05) is 0 Å². The number of hydrogen-bond acceptors (Lipinski definition) is 2. The molecule has 0 unspecified atom stereocenters. The molecule has 0 radical (unpaired) electrons. The second-order valence-corrected chi connectivity index (χ2v) is 6.14. The molecule has 1 spiro atoms. The Morgan fingerprint density at radius 2 is 1.76 bits per heavy atom. The van der Waals surface area contributed by atoms with E-state index in [0.717, 1.165) is 18.1 Å². The van der Waals surface area contributed by atoms with Crippen molar-refractivity contribution in [2.45, 2.75) is 70.3 Å². The second-order valence-electron chi connectivity index (χ2n) is 6.14. The summed E-state index contributed by atoms with van der Waals surface area (Å²) < 4.78 is 5.07. The minimum Gasteiger partial charge on any atom is -0.385 e. The predicted octanol–water partition coefficient (Wildman–Crippen LogP) is 3.51. The van der Waals surface area contributed by atoms with Crippen molar-refractivity contribution in [1.82, 2.24) is 5.32 Å². The smallest absolute Gasteiger partial charge is 0.0462 e. The molecule has 0 atom stereocenters. The van der Waals surface area contributed by atoms with E-state index in [4.69, 9.17) is 4.74 Å². The molecule has 0 aromatic rings. The molecule has 0 aliphatic heterocycles. The SMILES string of the molecule is COCCCCNC1CCC2(CCCC2)CC1. The molecule has 17 heavy (non-hydrogen) atoms. The van der Waals surface area contributed by atoms with Crippen molar-refractivity contribution in [3.8, 4) is 0 Å². The highest BCUT2D eigenvalue weighted by atomic mass is 16.5. The summed E-state index contributed by atoms with van der Waals surface area (Å²) in [6.45, 7) is 2.09. The first-order chi connectivity index (χ1) is 8.35. The van der Waals surface area contributed by atoms with Gasteiger partial charge < -0.3 is 10.1 Å². The third kappa shape index (κ3) is 3.96. The summed E-state index contributed by atoms with van der Waals surface area (Å²) in [5.41, 5.74) is 0.786. The molecule has 2 saturated carbocycles. The van der Waals surface area contributed by atoms with E-state index in [0.29, 0.717) is 0 Å². The van der Waals surface area contributed by atoms with Crippen molar-refractivity contribution in [2.24, 2.45) is 5.41 Å². The normalized spacial score (nSPS) is 24.5. The molecule has 100 valence electrons. The van der Waals surface area contributed by atoms with E-state index in [9.17, 15) is 0 Å². The zero-order valence-corrected chi connectivity index (χ0v) is 11.5. The Hall–Kier alpha value is -0.0800. The maximum absolute atomic E-state index is 5.07. The van der Waals surface area contributed by atoms with Crippen molar-refractivity contribution >= 4 is 0 Å². The van der Waals surface area contributed by atoms with Crippen LogP contribution in [0.4, 0.5) is 0 Å². The molecule has 2 aliphatic carbocycles. The number of ether oxygens (including phenoxy) is 1. The first kappa shape index (κ1) is 13.4. The van der Waals surface area contributed by atoms with Gasteiger partial charge in [0.1, 0.15) is 0 Å². The highest BCUT2D eigenvalue weighted by Crippen LogP contribution is 2.48. The van der Waals surface area contributed by atoms with Crippen LogP contribution >= 0.6 is 0 Å². The molecule has 2 fully saturated rings. The van der Waals surface area contributed by atoms with Crippen LogP contribution in [0.2, 0.25) is 0 Å². The van der Waals surface area contributed by atoms with Gasteiger partial charge in [0.15, 0.2) is 0 Å². The molecule has 0 aromatic carbocycles. The van der Waals surface area contributed by atoms with Gasteiger partial charge in [-0.1, -0.05) is 12.8 Å². The molecular formula is C15H29NO. The molecule has 2 aliphatic rings. The van der Waals surface area contributed by atoms with Crippen LogP contribution in [0.5, 0.6) is 0 Å². The van der Waals surface area contributed by atoms with Crippen LogP contribution < -0.4 is 5.32 Å². The van der Waals surface area contributed by atoms with E-state index < -0.39 is 0 Å². The second kappa shape index (κ2) is 6.75. The van der Waals surface area contributed by atoms with Gasteiger partial charge in [-0.3, -0.25) is 0 Å². The Balaban J connectivity index is 1.56. The van der Waals surface area contributed by atoms with Crippen LogP contribution in [0.25, 0.3) is 0 Å². The number of nitrogens with one attached hydrogen (secondary N) is 1. The van der Waals surface area contributed by atoms with E-state index >= 15 is 0 Å². The largest absolute Gasteiger partial charge is 0.385 e. The van der Waals surface area contributed by atoms with Crippen molar-refractivity contribution < 1.29 is 4.74 Å². The monoisotopic (exact) mass is 239 g/mol. The Morgan fingerprint density at radius 3 is 2.41 bits per heavy atom. The van der Waals surface area contributed by atoms with E-state index in [2.05, 4.69) is 5.32 Å². The molecule has 2 rings (SSSR count). The fourth-order valence-electron chi connectivity index (χ4n) is 3.74. The van der Waals surface area contributed by atoms with Crippen LogP contribution in [0.15, 0.2) is 0 Å². The molecule has 0 saturated heterocycles. The van der Waals surface area contributed by atoms with Crippen LogP contribution in [0, 0.1) is 5.41 Å². The average molecular weight is 239 g/mol. The van der Waals surface area contributed by atoms with Crippen molar-refractivity contribution in [2.75, 3.05) is 20.3 Å². The minimum atomic E-state index is 0.786. The number of rotatable bonds is 6. The van der Waals surface area contributed by atoms with E-state index in [1.165, 1.54) is 70.8 Å². The molecule has 0 amide bonds. The third-order valence-electron chi connectivity index (χ3n) is 4.92. The molecule has 2 heteroatoms. The lowest BCUT2D eigenvalue weighted by Gasteiger charge is -2.37. The summed E-state index contributed by atoms with van der Waals surface area (Å²) in [4.78, 5) is 0. The minimum absolute atomic E-state index is 0.786. The zero-order chi connectivity index (χ0) is 12.0. The quantitative estimate of drug-likeness (QED) is 0.716. The van der Waals surface area contributed by atoms with Crippen LogP contribution in [0.3, 0.4) is 0 Å². The lowest BCUT2D eigenvalue weighted by atomic mass is 9.71. The van der Waals surface area contributed by atoms with Crippen molar-refractivity contribution in [1.29, 1.82) is 0 Å². The lowest BCUT2D eigenvalue weighted by molar-refractivity contribution is 0.166. The van der Waals surface area contributed by atoms with Gasteiger partial charge in [-0.2, -0.15) is 0 Å². The van der Waals surface area contributed by atoms with Crippen LogP contribution in [-0.4, -0.2) is 26.3 Å². The first-order valence-electron chi connectivity index (χ1n) is 7.57. The summed E-state index contributed by atoms with van der Waals surface area (Å²) in [5.74, 6) is 0. The van der Waals surface area contributed by atoms with Crippen LogP contribution in [0.1, 0.15) is 64.2 Å². The molecule has 2 nitrogen and oxygen atoms in total. The first-order valence-corrected chi connectivity index (χ1v) is 7.57. The Bertz CT molecular complexity index is 201. The van der Waals surface area contributed by atoms with E-state index in [-0.39, 0.29) is 0 Å². The van der Waals surface area contributed by atoms with Gasteiger partial charge >= 0.3 is 0 Å². The fraction of sp³-hybridized carbons (Fsp3) is 1.00. The maximum Gasteiger partial charge on any atom is 0.0462 e. The van der Waals surface area contributed by atoms with Crippen molar-refractivity contribution in [3.05, 3.63) is 0 Å². The topological polar surface area (TPSA) is 21.3 Å². The van der Waals surface area contributed by atoms with Crippen molar-refractivity contribution in [3.63, 3.8) is 0 Å². The molecule has 0 bridgehead atoms. The summed E-state index contributed by atoms with van der Waals surface area (Å²) >= 11 is 0. The highest BCUT2D eigenvalue weighted by Gasteiger charge is 2.37. The standard InChI is InChI=1S/C15H29NO/c1-17-13-5-4-12-16-14-6-10-15(11-7-14)8-2-3-9-15/h14,16H,2-13H2,1H3.